The van der Waals surface area contributed by atoms with E-state index in [0.29, 0.717) is 18.1 Å². The van der Waals surface area contributed by atoms with Gasteiger partial charge in [0.15, 0.2) is 0 Å². The molecular formula is C16H10O4. The summed E-state index contributed by atoms with van der Waals surface area (Å²) in [6, 6.07) is 11.5. The molecule has 0 saturated heterocycles. The molecule has 0 unspecified atom stereocenters. The topological polar surface area (TPSA) is 52.6 Å². The summed E-state index contributed by atoms with van der Waals surface area (Å²) in [7, 11) is 0. The van der Waals surface area contributed by atoms with Crippen LogP contribution in [0.3, 0.4) is 0 Å². The van der Waals surface area contributed by atoms with Crippen molar-refractivity contribution in [3.05, 3.63) is 54.1 Å². The Hall–Kier alpha value is -2.84. The van der Waals surface area contributed by atoms with Crippen LogP contribution in [0.5, 0.6) is 5.75 Å². The number of hydrogen-bond donors (Lipinski definition) is 0. The summed E-state index contributed by atoms with van der Waals surface area (Å²) in [5.74, 6) is 1.73. The number of ether oxygens (including phenoxy) is 2. The molecular weight excluding hydrogens is 256 g/mol. The van der Waals surface area contributed by atoms with Gasteiger partial charge in [0.2, 0.25) is 0 Å². The van der Waals surface area contributed by atoms with E-state index >= 15 is 0 Å². The van der Waals surface area contributed by atoms with Gasteiger partial charge in [0.1, 0.15) is 30.1 Å². The SMILES string of the molecule is O=C=CC(=O)OC1=CCOc2ccc3ccccc3c21. The van der Waals surface area contributed by atoms with Gasteiger partial charge in [-0.05, 0) is 22.9 Å². The van der Waals surface area contributed by atoms with E-state index in [4.69, 9.17) is 9.47 Å². The molecule has 98 valence electrons. The minimum absolute atomic E-state index is 0.318. The average Bonchev–Trinajstić information content (AvgIpc) is 2.47. The predicted octanol–water partition coefficient (Wildman–Crippen LogP) is 2.50. The van der Waals surface area contributed by atoms with E-state index in [1.165, 1.54) is 5.94 Å². The molecule has 0 radical (unpaired) electrons. The summed E-state index contributed by atoms with van der Waals surface area (Å²) in [5, 5.41) is 1.95. The number of rotatable bonds is 2. The highest BCUT2D eigenvalue weighted by Gasteiger charge is 2.20. The second kappa shape index (κ2) is 5.03. The van der Waals surface area contributed by atoms with E-state index in [1.807, 2.05) is 36.4 Å². The third kappa shape index (κ3) is 2.09. The van der Waals surface area contributed by atoms with Gasteiger partial charge in [-0.25, -0.2) is 9.59 Å². The summed E-state index contributed by atoms with van der Waals surface area (Å²) in [6.45, 7) is 0.318. The lowest BCUT2D eigenvalue weighted by Crippen LogP contribution is -2.09. The molecule has 1 aliphatic heterocycles. The number of benzene rings is 2. The average molecular weight is 266 g/mol. The first kappa shape index (κ1) is 12.2. The van der Waals surface area contributed by atoms with Crippen LogP contribution in [0.25, 0.3) is 16.5 Å². The number of hydrogen-bond acceptors (Lipinski definition) is 4. The van der Waals surface area contributed by atoms with E-state index in [2.05, 4.69) is 0 Å². The third-order valence-electron chi connectivity index (χ3n) is 3.03. The molecule has 20 heavy (non-hydrogen) atoms. The fourth-order valence-corrected chi connectivity index (χ4v) is 2.21. The van der Waals surface area contributed by atoms with Crippen LogP contribution in [-0.2, 0) is 14.3 Å². The first-order valence-corrected chi connectivity index (χ1v) is 6.07. The normalized spacial score (nSPS) is 12.7. The number of carbonyl (C=O) groups is 1. The largest absolute Gasteiger partial charge is 0.489 e. The Kier molecular flexibility index (Phi) is 3.07. The molecule has 3 rings (SSSR count). The first-order valence-electron chi connectivity index (χ1n) is 6.07. The Morgan fingerprint density at radius 2 is 2.10 bits per heavy atom. The molecule has 0 N–H and O–H groups in total. The molecule has 0 aliphatic carbocycles. The lowest BCUT2D eigenvalue weighted by Gasteiger charge is -2.19. The van der Waals surface area contributed by atoms with Gasteiger partial charge in [0, 0.05) is 0 Å². The van der Waals surface area contributed by atoms with Crippen LogP contribution in [-0.4, -0.2) is 18.5 Å². The van der Waals surface area contributed by atoms with Crippen molar-refractivity contribution in [2.24, 2.45) is 0 Å². The highest BCUT2D eigenvalue weighted by atomic mass is 16.5. The third-order valence-corrected chi connectivity index (χ3v) is 3.03. The molecule has 2 aromatic rings. The number of carbonyl (C=O) groups excluding carboxylic acids is 2. The van der Waals surface area contributed by atoms with Gasteiger partial charge in [-0.2, -0.15) is 0 Å². The number of fused-ring (bicyclic) bond motifs is 3. The summed E-state index contributed by atoms with van der Waals surface area (Å²) >= 11 is 0. The zero-order valence-electron chi connectivity index (χ0n) is 10.5. The highest BCUT2D eigenvalue weighted by molar-refractivity contribution is 5.99. The van der Waals surface area contributed by atoms with Crippen LogP contribution in [0.15, 0.2) is 48.6 Å². The van der Waals surface area contributed by atoms with Gasteiger partial charge < -0.3 is 9.47 Å². The van der Waals surface area contributed by atoms with Crippen LogP contribution < -0.4 is 4.74 Å². The van der Waals surface area contributed by atoms with Gasteiger partial charge in [-0.15, -0.1) is 0 Å². The van der Waals surface area contributed by atoms with Gasteiger partial charge in [-0.1, -0.05) is 30.3 Å². The molecule has 1 heterocycles. The van der Waals surface area contributed by atoms with Crippen LogP contribution >= 0.6 is 0 Å². The Morgan fingerprint density at radius 1 is 1.25 bits per heavy atom. The molecule has 0 amide bonds. The van der Waals surface area contributed by atoms with Gasteiger partial charge in [0.05, 0.1) is 5.56 Å². The minimum atomic E-state index is -0.743. The Bertz CT molecular complexity index is 767. The second-order valence-corrected chi connectivity index (χ2v) is 4.22. The standard InChI is InChI=1S/C16H10O4/c17-9-7-15(18)20-14-8-10-19-13-6-5-11-3-1-2-4-12(11)16(13)14/h1-8H,10H2. The maximum Gasteiger partial charge on any atom is 0.347 e. The lowest BCUT2D eigenvalue weighted by molar-refractivity contribution is -0.131. The molecule has 0 bridgehead atoms. The van der Waals surface area contributed by atoms with Crippen molar-refractivity contribution in [2.75, 3.05) is 6.61 Å². The number of esters is 1. The highest BCUT2D eigenvalue weighted by Crippen LogP contribution is 2.36. The minimum Gasteiger partial charge on any atom is -0.489 e. The van der Waals surface area contributed by atoms with Crippen molar-refractivity contribution in [3.63, 3.8) is 0 Å². The summed E-state index contributed by atoms with van der Waals surface area (Å²) in [5.41, 5.74) is 0.724. The predicted molar refractivity (Wildman–Crippen MR) is 73.8 cm³/mol. The van der Waals surface area contributed by atoms with E-state index in [-0.39, 0.29) is 0 Å². The zero-order valence-corrected chi connectivity index (χ0v) is 10.5. The summed E-state index contributed by atoms with van der Waals surface area (Å²) < 4.78 is 10.7. The molecule has 4 nitrogen and oxygen atoms in total. The molecule has 0 spiro atoms. The maximum absolute atomic E-state index is 11.4. The van der Waals surface area contributed by atoms with Crippen molar-refractivity contribution < 1.29 is 19.1 Å². The fourth-order valence-electron chi connectivity index (χ4n) is 2.21. The molecule has 0 fully saturated rings. The van der Waals surface area contributed by atoms with Gasteiger partial charge in [-0.3, -0.25) is 0 Å². The van der Waals surface area contributed by atoms with Crippen LogP contribution in [0, 0.1) is 0 Å². The lowest BCUT2D eigenvalue weighted by atomic mass is 10.0. The molecule has 0 saturated carbocycles. The van der Waals surface area contributed by atoms with Gasteiger partial charge >= 0.3 is 5.97 Å². The van der Waals surface area contributed by atoms with E-state index < -0.39 is 5.97 Å². The van der Waals surface area contributed by atoms with Crippen LogP contribution in [0.4, 0.5) is 0 Å². The van der Waals surface area contributed by atoms with Crippen LogP contribution in [0.1, 0.15) is 5.56 Å². The molecule has 0 aromatic heterocycles. The molecule has 0 atom stereocenters. The Labute approximate surface area is 114 Å². The molecule has 1 aliphatic rings. The summed E-state index contributed by atoms with van der Waals surface area (Å²) in [4.78, 5) is 21.6. The van der Waals surface area contributed by atoms with Gasteiger partial charge in [0.25, 0.3) is 0 Å². The maximum atomic E-state index is 11.4. The smallest absolute Gasteiger partial charge is 0.347 e. The van der Waals surface area contributed by atoms with E-state index in [9.17, 15) is 9.59 Å². The van der Waals surface area contributed by atoms with Crippen molar-refractivity contribution in [2.45, 2.75) is 0 Å². The van der Waals surface area contributed by atoms with Crippen molar-refractivity contribution in [1.29, 1.82) is 0 Å². The fraction of sp³-hybridized carbons (Fsp3) is 0.0625. The quantitative estimate of drug-likeness (QED) is 0.476. The van der Waals surface area contributed by atoms with E-state index in [1.54, 1.807) is 6.08 Å². The Morgan fingerprint density at radius 3 is 2.95 bits per heavy atom. The molecule has 2 aromatic carbocycles. The van der Waals surface area contributed by atoms with Crippen molar-refractivity contribution >= 4 is 28.4 Å². The molecule has 4 heteroatoms. The van der Waals surface area contributed by atoms with Crippen molar-refractivity contribution in [3.8, 4) is 5.75 Å². The first-order chi connectivity index (χ1) is 9.79. The van der Waals surface area contributed by atoms with Crippen molar-refractivity contribution in [1.82, 2.24) is 0 Å². The van der Waals surface area contributed by atoms with Crippen LogP contribution in [0.2, 0.25) is 0 Å². The second-order valence-electron chi connectivity index (χ2n) is 4.22. The van der Waals surface area contributed by atoms with E-state index in [0.717, 1.165) is 22.4 Å². The Balaban J connectivity index is 2.13. The monoisotopic (exact) mass is 266 g/mol. The zero-order chi connectivity index (χ0) is 13.9. The summed E-state index contributed by atoms with van der Waals surface area (Å²) in [6.07, 6.45) is 2.40.